The summed E-state index contributed by atoms with van der Waals surface area (Å²) in [5.74, 6) is -0.846. The molecule has 24 heavy (non-hydrogen) atoms. The summed E-state index contributed by atoms with van der Waals surface area (Å²) in [4.78, 5) is 22.8. The van der Waals surface area contributed by atoms with Crippen molar-refractivity contribution < 1.29 is 19.1 Å². The van der Waals surface area contributed by atoms with Crippen LogP contribution in [-0.4, -0.2) is 32.9 Å². The summed E-state index contributed by atoms with van der Waals surface area (Å²) < 4.78 is 10.3. The summed E-state index contributed by atoms with van der Waals surface area (Å²) in [5.41, 5.74) is 5.02. The minimum absolute atomic E-state index is 0.0249. The van der Waals surface area contributed by atoms with Crippen molar-refractivity contribution in [2.24, 2.45) is 0 Å². The number of nitro benzene ring substituents is 1. The van der Waals surface area contributed by atoms with Gasteiger partial charge >= 0.3 is 11.7 Å². The zero-order valence-corrected chi connectivity index (χ0v) is 12.1. The van der Waals surface area contributed by atoms with Crippen molar-refractivity contribution in [2.75, 3.05) is 12.8 Å². The zero-order chi connectivity index (χ0) is 17.4. The summed E-state index contributed by atoms with van der Waals surface area (Å²) in [6, 6.07) is 4.59. The van der Waals surface area contributed by atoms with Crippen LogP contribution in [0.3, 0.4) is 0 Å². The summed E-state index contributed by atoms with van der Waals surface area (Å²) in [6.07, 6.45) is 1.21. The van der Waals surface area contributed by atoms with E-state index < -0.39 is 16.6 Å². The first-order valence-corrected chi connectivity index (χ1v) is 6.38. The van der Waals surface area contributed by atoms with Crippen molar-refractivity contribution in [1.82, 2.24) is 14.9 Å². The number of carbonyl (C=O) groups excluding carboxylic acids is 1. The minimum atomic E-state index is -0.846. The number of hydrogen-bond acceptors (Lipinski definition) is 9. The normalized spacial score (nSPS) is 10.5. The molecule has 0 bridgehead atoms. The Morgan fingerprint density at radius 3 is 2.88 bits per heavy atom. The van der Waals surface area contributed by atoms with Crippen LogP contribution in [0.5, 0.6) is 0 Å². The molecule has 0 aliphatic carbocycles. The number of aromatic nitrogens is 3. The maximum Gasteiger partial charge on any atom is 0.357 e. The number of carbonyl (C=O) groups is 1. The molecule has 2 heterocycles. The molecule has 11 heteroatoms. The van der Waals surface area contributed by atoms with Gasteiger partial charge < -0.3 is 15.0 Å². The van der Waals surface area contributed by atoms with E-state index in [1.165, 1.54) is 18.3 Å². The molecule has 120 valence electrons. The van der Waals surface area contributed by atoms with Gasteiger partial charge in [-0.3, -0.25) is 10.1 Å². The van der Waals surface area contributed by atoms with E-state index in [-0.39, 0.29) is 33.7 Å². The lowest BCUT2D eigenvalue weighted by Crippen LogP contribution is -2.12. The highest BCUT2D eigenvalue weighted by Crippen LogP contribution is 2.34. The fourth-order valence-corrected chi connectivity index (χ4v) is 2.31. The zero-order valence-electron chi connectivity index (χ0n) is 12.1. The summed E-state index contributed by atoms with van der Waals surface area (Å²) in [7, 11) is 1.13. The summed E-state index contributed by atoms with van der Waals surface area (Å²) in [5, 5.41) is 27.7. The van der Waals surface area contributed by atoms with Crippen LogP contribution in [0.4, 0.5) is 11.4 Å². The highest BCUT2D eigenvalue weighted by molar-refractivity contribution is 5.97. The maximum absolute atomic E-state index is 12.0. The third kappa shape index (κ3) is 2.02. The van der Waals surface area contributed by atoms with Gasteiger partial charge in [0.05, 0.1) is 23.3 Å². The number of anilines is 1. The molecule has 1 aromatic carbocycles. The molecular formula is C13H8N6O5. The first-order valence-electron chi connectivity index (χ1n) is 6.38. The molecule has 0 spiro atoms. The van der Waals surface area contributed by atoms with E-state index in [1.807, 2.05) is 6.07 Å². The van der Waals surface area contributed by atoms with Crippen LogP contribution in [0.25, 0.3) is 16.7 Å². The van der Waals surface area contributed by atoms with Gasteiger partial charge in [-0.2, -0.15) is 5.26 Å². The number of methoxy groups -OCH3 is 1. The lowest BCUT2D eigenvalue weighted by Gasteiger charge is -2.08. The van der Waals surface area contributed by atoms with Crippen molar-refractivity contribution in [2.45, 2.75) is 0 Å². The highest BCUT2D eigenvalue weighted by atomic mass is 16.6. The molecule has 0 saturated carbocycles. The second-order valence-electron chi connectivity index (χ2n) is 4.60. The van der Waals surface area contributed by atoms with Crippen molar-refractivity contribution in [3.05, 3.63) is 39.7 Å². The molecule has 0 aliphatic heterocycles. The Labute approximate surface area is 132 Å². The second-order valence-corrected chi connectivity index (χ2v) is 4.60. The molecule has 2 aromatic heterocycles. The number of fused-ring (bicyclic) bond motifs is 1. The van der Waals surface area contributed by atoms with Gasteiger partial charge in [-0.25, -0.2) is 9.42 Å². The lowest BCUT2D eigenvalue weighted by molar-refractivity contribution is -0.383. The van der Waals surface area contributed by atoms with Gasteiger partial charge in [-0.1, -0.05) is 0 Å². The number of rotatable bonds is 3. The van der Waals surface area contributed by atoms with E-state index in [0.717, 1.165) is 11.7 Å². The van der Waals surface area contributed by atoms with Crippen LogP contribution in [0.2, 0.25) is 0 Å². The first-order chi connectivity index (χ1) is 11.5. The summed E-state index contributed by atoms with van der Waals surface area (Å²) >= 11 is 0. The second kappa shape index (κ2) is 5.36. The molecule has 11 nitrogen and oxygen atoms in total. The molecular weight excluding hydrogens is 320 g/mol. The van der Waals surface area contributed by atoms with E-state index in [0.29, 0.717) is 0 Å². The number of nitrogens with two attached hydrogens (primary N) is 1. The standard InChI is InChI=1S/C13H8N6O5/c1-23-13(20)12-9(15)6(4-14)5-18(12)8-3-2-7-10(17-24-16-7)11(8)19(21)22/h2-3,5H,15H2,1H3. The molecule has 0 saturated heterocycles. The molecule has 0 amide bonds. The van der Waals surface area contributed by atoms with Gasteiger partial charge in [0.25, 0.3) is 0 Å². The quantitative estimate of drug-likeness (QED) is 0.422. The van der Waals surface area contributed by atoms with E-state index in [9.17, 15) is 14.9 Å². The first kappa shape index (κ1) is 15.0. The van der Waals surface area contributed by atoms with Gasteiger partial charge in [-0.05, 0) is 22.4 Å². The minimum Gasteiger partial charge on any atom is -0.464 e. The van der Waals surface area contributed by atoms with E-state index in [4.69, 9.17) is 11.0 Å². The summed E-state index contributed by atoms with van der Waals surface area (Å²) in [6.45, 7) is 0. The number of ether oxygens (including phenoxy) is 1. The lowest BCUT2D eigenvalue weighted by atomic mass is 10.2. The van der Waals surface area contributed by atoms with Gasteiger partial charge in [0.1, 0.15) is 17.3 Å². The Kier molecular flexibility index (Phi) is 3.34. The van der Waals surface area contributed by atoms with Crippen LogP contribution >= 0.6 is 0 Å². The van der Waals surface area contributed by atoms with Crippen LogP contribution in [-0.2, 0) is 4.74 Å². The molecule has 3 rings (SSSR count). The monoisotopic (exact) mass is 328 g/mol. The van der Waals surface area contributed by atoms with Gasteiger partial charge in [0, 0.05) is 6.20 Å². The predicted molar refractivity (Wildman–Crippen MR) is 78.3 cm³/mol. The van der Waals surface area contributed by atoms with E-state index in [1.54, 1.807) is 0 Å². The molecule has 0 atom stereocenters. The van der Waals surface area contributed by atoms with Crippen LogP contribution in [0.1, 0.15) is 16.1 Å². The molecule has 3 aromatic rings. The third-order valence-electron chi connectivity index (χ3n) is 3.37. The maximum atomic E-state index is 12.0. The Balaban J connectivity index is 2.40. The van der Waals surface area contributed by atoms with Crippen molar-refractivity contribution in [3.63, 3.8) is 0 Å². The van der Waals surface area contributed by atoms with Crippen molar-refractivity contribution in [3.8, 4) is 11.8 Å². The highest BCUT2D eigenvalue weighted by Gasteiger charge is 2.29. The number of esters is 1. The van der Waals surface area contributed by atoms with Crippen LogP contribution in [0.15, 0.2) is 23.0 Å². The van der Waals surface area contributed by atoms with Crippen LogP contribution < -0.4 is 5.73 Å². The molecule has 2 N–H and O–H groups in total. The average molecular weight is 328 g/mol. The van der Waals surface area contributed by atoms with Crippen molar-refractivity contribution >= 4 is 28.4 Å². The Bertz CT molecular complexity index is 1030. The number of nitrogen functional groups attached to an aromatic ring is 1. The van der Waals surface area contributed by atoms with Gasteiger partial charge in [-0.15, -0.1) is 0 Å². The van der Waals surface area contributed by atoms with E-state index >= 15 is 0 Å². The Hall–Kier alpha value is -3.94. The van der Waals surface area contributed by atoms with Crippen molar-refractivity contribution in [1.29, 1.82) is 5.26 Å². The largest absolute Gasteiger partial charge is 0.464 e. The molecule has 0 radical (unpaired) electrons. The SMILES string of the molecule is COC(=O)c1c(N)c(C#N)cn1-c1ccc2nonc2c1[N+](=O)[O-]. The molecule has 0 aliphatic rings. The topological polar surface area (TPSA) is 163 Å². The molecule has 0 fully saturated rings. The van der Waals surface area contributed by atoms with Gasteiger partial charge in [0.2, 0.25) is 5.52 Å². The Morgan fingerprint density at radius 2 is 2.25 bits per heavy atom. The number of nitro groups is 1. The van der Waals surface area contributed by atoms with Crippen LogP contribution in [0, 0.1) is 21.4 Å². The van der Waals surface area contributed by atoms with E-state index in [2.05, 4.69) is 19.7 Å². The third-order valence-corrected chi connectivity index (χ3v) is 3.37. The van der Waals surface area contributed by atoms with Gasteiger partial charge in [0.15, 0.2) is 5.69 Å². The smallest absolute Gasteiger partial charge is 0.357 e. The Morgan fingerprint density at radius 1 is 1.50 bits per heavy atom. The fourth-order valence-electron chi connectivity index (χ4n) is 2.31. The molecule has 0 unspecified atom stereocenters. The number of hydrogen-bond donors (Lipinski definition) is 1. The predicted octanol–water partition coefficient (Wildman–Crippen LogP) is 1.16. The number of nitriles is 1. The fraction of sp³-hybridized carbons (Fsp3) is 0.0769. The number of nitrogens with zero attached hydrogens (tertiary/aromatic N) is 5. The number of benzene rings is 1. The average Bonchev–Trinajstić information content (AvgIpc) is 3.16.